The molecule has 1 atom stereocenters. The third kappa shape index (κ3) is 2.59. The van der Waals surface area contributed by atoms with Crippen LogP contribution >= 0.6 is 0 Å². The third-order valence-corrected chi connectivity index (χ3v) is 3.03. The second-order valence-corrected chi connectivity index (χ2v) is 4.13. The van der Waals surface area contributed by atoms with E-state index in [-0.39, 0.29) is 0 Å². The molecular formula is C12H23N3. The molecule has 3 nitrogen and oxygen atoms in total. The van der Waals surface area contributed by atoms with Crippen LogP contribution in [-0.4, -0.2) is 16.3 Å². The maximum Gasteiger partial charge on any atom is 0.0641 e. The van der Waals surface area contributed by atoms with E-state index >= 15 is 0 Å². The van der Waals surface area contributed by atoms with Crippen molar-refractivity contribution in [1.29, 1.82) is 0 Å². The van der Waals surface area contributed by atoms with E-state index in [0.29, 0.717) is 6.04 Å². The van der Waals surface area contributed by atoms with Crippen molar-refractivity contribution in [3.8, 4) is 0 Å². The van der Waals surface area contributed by atoms with Crippen molar-refractivity contribution in [3.63, 3.8) is 0 Å². The minimum absolute atomic E-state index is 0.499. The number of aromatic nitrogens is 2. The standard InChI is InChI=1S/C12H23N3/c1-6-9(3)15-11(5)12(8-13-7-2)10(4)14-15/h9,13H,6-8H2,1-5H3. The quantitative estimate of drug-likeness (QED) is 0.807. The predicted octanol–water partition coefficient (Wildman–Crippen LogP) is 2.58. The first kappa shape index (κ1) is 12.2. The molecule has 0 aliphatic carbocycles. The number of nitrogens with one attached hydrogen (secondary N) is 1. The summed E-state index contributed by atoms with van der Waals surface area (Å²) in [6, 6.07) is 0.499. The van der Waals surface area contributed by atoms with E-state index in [9.17, 15) is 0 Å². The van der Waals surface area contributed by atoms with Gasteiger partial charge < -0.3 is 5.32 Å². The van der Waals surface area contributed by atoms with E-state index in [1.165, 1.54) is 11.3 Å². The van der Waals surface area contributed by atoms with Crippen LogP contribution in [-0.2, 0) is 6.54 Å². The van der Waals surface area contributed by atoms with Gasteiger partial charge in [0.25, 0.3) is 0 Å². The van der Waals surface area contributed by atoms with Crippen LogP contribution in [0.3, 0.4) is 0 Å². The number of hydrogen-bond donors (Lipinski definition) is 1. The Kier molecular flexibility index (Phi) is 4.33. The fourth-order valence-electron chi connectivity index (χ4n) is 1.80. The Hall–Kier alpha value is -0.830. The second-order valence-electron chi connectivity index (χ2n) is 4.13. The zero-order valence-corrected chi connectivity index (χ0v) is 10.6. The number of aryl methyl sites for hydroxylation is 1. The molecule has 1 N–H and O–H groups in total. The van der Waals surface area contributed by atoms with Crippen LogP contribution in [0.1, 0.15) is 50.2 Å². The Bertz CT molecular complexity index is 315. The highest BCUT2D eigenvalue weighted by molar-refractivity contribution is 5.24. The number of rotatable bonds is 5. The highest BCUT2D eigenvalue weighted by Gasteiger charge is 2.13. The summed E-state index contributed by atoms with van der Waals surface area (Å²) in [7, 11) is 0. The zero-order chi connectivity index (χ0) is 11.4. The highest BCUT2D eigenvalue weighted by atomic mass is 15.3. The van der Waals surface area contributed by atoms with Gasteiger partial charge in [0.1, 0.15) is 0 Å². The van der Waals surface area contributed by atoms with Crippen LogP contribution in [0.4, 0.5) is 0 Å². The molecule has 1 heterocycles. The molecule has 0 spiro atoms. The summed E-state index contributed by atoms with van der Waals surface area (Å²) < 4.78 is 2.15. The molecule has 0 fully saturated rings. The summed E-state index contributed by atoms with van der Waals surface area (Å²) in [5.74, 6) is 0. The summed E-state index contributed by atoms with van der Waals surface area (Å²) >= 11 is 0. The summed E-state index contributed by atoms with van der Waals surface area (Å²) in [6.07, 6.45) is 1.13. The molecule has 1 aromatic rings. The van der Waals surface area contributed by atoms with Crippen molar-refractivity contribution in [2.45, 2.75) is 53.6 Å². The Labute approximate surface area is 92.9 Å². The molecule has 0 saturated carbocycles. The van der Waals surface area contributed by atoms with E-state index < -0.39 is 0 Å². The van der Waals surface area contributed by atoms with E-state index in [0.717, 1.165) is 25.2 Å². The van der Waals surface area contributed by atoms with Gasteiger partial charge in [-0.15, -0.1) is 0 Å². The first-order chi connectivity index (χ1) is 7.11. The average Bonchev–Trinajstić information content (AvgIpc) is 2.51. The molecule has 1 unspecified atom stereocenters. The van der Waals surface area contributed by atoms with Gasteiger partial charge in [-0.25, -0.2) is 0 Å². The smallest absolute Gasteiger partial charge is 0.0641 e. The average molecular weight is 209 g/mol. The van der Waals surface area contributed by atoms with Gasteiger partial charge in [0.05, 0.1) is 5.69 Å². The van der Waals surface area contributed by atoms with Gasteiger partial charge in [0.2, 0.25) is 0 Å². The molecule has 0 aliphatic rings. The Morgan fingerprint density at radius 1 is 1.33 bits per heavy atom. The van der Waals surface area contributed by atoms with Crippen molar-refractivity contribution in [2.75, 3.05) is 6.54 Å². The molecular weight excluding hydrogens is 186 g/mol. The van der Waals surface area contributed by atoms with E-state index in [1.54, 1.807) is 0 Å². The maximum absolute atomic E-state index is 4.61. The first-order valence-corrected chi connectivity index (χ1v) is 5.87. The third-order valence-electron chi connectivity index (χ3n) is 3.03. The summed E-state index contributed by atoms with van der Waals surface area (Å²) in [5.41, 5.74) is 3.83. The van der Waals surface area contributed by atoms with Crippen LogP contribution < -0.4 is 5.32 Å². The van der Waals surface area contributed by atoms with E-state index in [4.69, 9.17) is 0 Å². The van der Waals surface area contributed by atoms with Crippen molar-refractivity contribution in [1.82, 2.24) is 15.1 Å². The van der Waals surface area contributed by atoms with E-state index in [1.807, 2.05) is 0 Å². The largest absolute Gasteiger partial charge is 0.313 e. The lowest BCUT2D eigenvalue weighted by Gasteiger charge is -2.12. The summed E-state index contributed by atoms with van der Waals surface area (Å²) in [6.45, 7) is 12.8. The minimum Gasteiger partial charge on any atom is -0.313 e. The molecule has 0 amide bonds. The van der Waals surface area contributed by atoms with Gasteiger partial charge in [-0.05, 0) is 33.7 Å². The van der Waals surface area contributed by atoms with Crippen LogP contribution in [0.5, 0.6) is 0 Å². The number of hydrogen-bond acceptors (Lipinski definition) is 2. The van der Waals surface area contributed by atoms with Gasteiger partial charge in [0, 0.05) is 23.8 Å². The Morgan fingerprint density at radius 3 is 2.53 bits per heavy atom. The Morgan fingerprint density at radius 2 is 2.00 bits per heavy atom. The SMILES string of the molecule is CCNCc1c(C)nn(C(C)CC)c1C. The highest BCUT2D eigenvalue weighted by Crippen LogP contribution is 2.18. The summed E-state index contributed by atoms with van der Waals surface area (Å²) in [4.78, 5) is 0. The minimum atomic E-state index is 0.499. The van der Waals surface area contributed by atoms with Crippen molar-refractivity contribution < 1.29 is 0 Å². The normalized spacial score (nSPS) is 13.1. The Balaban J connectivity index is 2.92. The molecule has 0 radical (unpaired) electrons. The molecule has 3 heteroatoms. The molecule has 86 valence electrons. The number of nitrogens with zero attached hydrogens (tertiary/aromatic N) is 2. The van der Waals surface area contributed by atoms with Crippen LogP contribution in [0.2, 0.25) is 0 Å². The van der Waals surface area contributed by atoms with Crippen LogP contribution in [0, 0.1) is 13.8 Å². The monoisotopic (exact) mass is 209 g/mol. The van der Waals surface area contributed by atoms with Gasteiger partial charge in [-0.3, -0.25) is 4.68 Å². The van der Waals surface area contributed by atoms with Gasteiger partial charge in [-0.1, -0.05) is 13.8 Å². The summed E-state index contributed by atoms with van der Waals surface area (Å²) in [5, 5.41) is 7.97. The lowest BCUT2D eigenvalue weighted by molar-refractivity contribution is 0.464. The van der Waals surface area contributed by atoms with Crippen molar-refractivity contribution in [2.24, 2.45) is 0 Å². The second kappa shape index (κ2) is 5.31. The lowest BCUT2D eigenvalue weighted by atomic mass is 10.2. The molecule has 0 aromatic carbocycles. The van der Waals surface area contributed by atoms with Crippen LogP contribution in [0.25, 0.3) is 0 Å². The van der Waals surface area contributed by atoms with Crippen molar-refractivity contribution in [3.05, 3.63) is 17.0 Å². The van der Waals surface area contributed by atoms with Crippen molar-refractivity contribution >= 4 is 0 Å². The fraction of sp³-hybridized carbons (Fsp3) is 0.750. The molecule has 1 aromatic heterocycles. The molecule has 0 bridgehead atoms. The molecule has 0 saturated heterocycles. The molecule has 1 rings (SSSR count). The van der Waals surface area contributed by atoms with Gasteiger partial charge in [0.15, 0.2) is 0 Å². The maximum atomic E-state index is 4.61. The lowest BCUT2D eigenvalue weighted by Crippen LogP contribution is -2.13. The van der Waals surface area contributed by atoms with Crippen LogP contribution in [0.15, 0.2) is 0 Å². The topological polar surface area (TPSA) is 29.9 Å². The van der Waals surface area contributed by atoms with Gasteiger partial charge in [-0.2, -0.15) is 5.10 Å². The first-order valence-electron chi connectivity index (χ1n) is 5.87. The molecule has 15 heavy (non-hydrogen) atoms. The van der Waals surface area contributed by atoms with Gasteiger partial charge >= 0.3 is 0 Å². The van der Waals surface area contributed by atoms with E-state index in [2.05, 4.69) is 49.7 Å². The zero-order valence-electron chi connectivity index (χ0n) is 10.6. The predicted molar refractivity (Wildman–Crippen MR) is 64.1 cm³/mol. The fourth-order valence-corrected chi connectivity index (χ4v) is 1.80. The molecule has 0 aliphatic heterocycles.